The van der Waals surface area contributed by atoms with E-state index in [4.69, 9.17) is 15.6 Å². The summed E-state index contributed by atoms with van der Waals surface area (Å²) >= 11 is 0. The van der Waals surface area contributed by atoms with Gasteiger partial charge in [-0.15, -0.1) is 0 Å². The number of aliphatic carboxylic acids is 1. The molecule has 0 rings (SSSR count). The Morgan fingerprint density at radius 1 is 0.750 bits per heavy atom. The number of rotatable bonds is 20. The number of carboxylic acids is 1. The van der Waals surface area contributed by atoms with Gasteiger partial charge in [0.2, 0.25) is 0 Å². The first-order valence-electron chi connectivity index (χ1n) is 11.7. The Hall–Kier alpha value is -1.10. The van der Waals surface area contributed by atoms with E-state index in [0.29, 0.717) is 0 Å². The van der Waals surface area contributed by atoms with Gasteiger partial charge in [0.25, 0.3) is 0 Å². The van der Waals surface area contributed by atoms with Crippen molar-refractivity contribution in [1.82, 2.24) is 0 Å². The molecule has 5 nitrogen and oxygen atoms in total. The normalized spacial score (nSPS) is 13.2. The van der Waals surface area contributed by atoms with E-state index in [0.717, 1.165) is 32.1 Å². The van der Waals surface area contributed by atoms with Crippen molar-refractivity contribution in [3.8, 4) is 0 Å². The number of nitrogens with two attached hydrogens (primary N) is 1. The van der Waals surface area contributed by atoms with Crippen molar-refractivity contribution in [2.24, 2.45) is 5.73 Å². The second-order valence-corrected chi connectivity index (χ2v) is 8.06. The van der Waals surface area contributed by atoms with Gasteiger partial charge in [-0.05, 0) is 25.7 Å². The molecule has 0 spiro atoms. The van der Waals surface area contributed by atoms with Crippen molar-refractivity contribution in [3.05, 3.63) is 0 Å². The van der Waals surface area contributed by atoms with E-state index in [1.54, 1.807) is 0 Å². The molecule has 0 aromatic carbocycles. The van der Waals surface area contributed by atoms with Crippen LogP contribution in [0.1, 0.15) is 123 Å². The third-order valence-corrected chi connectivity index (χ3v) is 5.26. The monoisotopic (exact) mass is 399 g/mol. The van der Waals surface area contributed by atoms with Crippen LogP contribution >= 0.6 is 0 Å². The van der Waals surface area contributed by atoms with Gasteiger partial charge in [0.05, 0.1) is 0 Å². The number of carbonyl (C=O) groups excluding carboxylic acids is 1. The van der Waals surface area contributed by atoms with Crippen LogP contribution in [0.25, 0.3) is 0 Å². The van der Waals surface area contributed by atoms with E-state index in [2.05, 4.69) is 13.8 Å². The van der Waals surface area contributed by atoms with Crippen LogP contribution in [0.3, 0.4) is 0 Å². The third-order valence-electron chi connectivity index (χ3n) is 5.26. The van der Waals surface area contributed by atoms with Crippen molar-refractivity contribution < 1.29 is 19.4 Å². The summed E-state index contributed by atoms with van der Waals surface area (Å²) in [5, 5.41) is 8.70. The molecule has 0 aliphatic heterocycles. The minimum atomic E-state index is -0.938. The van der Waals surface area contributed by atoms with Gasteiger partial charge in [-0.3, -0.25) is 9.59 Å². The highest BCUT2D eigenvalue weighted by molar-refractivity contribution is 5.76. The molecule has 0 fully saturated rings. The van der Waals surface area contributed by atoms with E-state index in [1.807, 2.05) is 0 Å². The molecule has 0 aromatic rings. The Kier molecular flexibility index (Phi) is 18.5. The van der Waals surface area contributed by atoms with Gasteiger partial charge in [-0.1, -0.05) is 90.9 Å². The smallest absolute Gasteiger partial charge is 0.323 e. The Labute approximate surface area is 172 Å². The summed E-state index contributed by atoms with van der Waals surface area (Å²) in [6.07, 6.45) is 18.1. The summed E-state index contributed by atoms with van der Waals surface area (Å²) in [5.41, 5.74) is 5.77. The summed E-state index contributed by atoms with van der Waals surface area (Å²) < 4.78 is 5.58. The van der Waals surface area contributed by atoms with Gasteiger partial charge in [0.1, 0.15) is 12.1 Å². The molecule has 0 aromatic heterocycles. The molecule has 2 atom stereocenters. The first-order valence-corrected chi connectivity index (χ1v) is 11.7. The van der Waals surface area contributed by atoms with Crippen LogP contribution in [0.4, 0.5) is 0 Å². The lowest BCUT2D eigenvalue weighted by atomic mass is 10.0. The molecule has 0 aliphatic rings. The lowest BCUT2D eigenvalue weighted by Crippen LogP contribution is -2.35. The lowest BCUT2D eigenvalue weighted by Gasteiger charge is -2.20. The maximum atomic E-state index is 12.1. The minimum Gasteiger partial charge on any atom is -0.481 e. The third kappa shape index (κ3) is 17.0. The maximum Gasteiger partial charge on any atom is 0.323 e. The van der Waals surface area contributed by atoms with Crippen LogP contribution in [-0.2, 0) is 14.3 Å². The predicted octanol–water partition coefficient (Wildman–Crippen LogP) is 5.98. The van der Waals surface area contributed by atoms with Gasteiger partial charge in [0.15, 0.2) is 0 Å². The highest BCUT2D eigenvalue weighted by Crippen LogP contribution is 2.17. The quantitative estimate of drug-likeness (QED) is 0.194. The van der Waals surface area contributed by atoms with Gasteiger partial charge >= 0.3 is 11.9 Å². The number of esters is 1. The molecule has 0 radical (unpaired) electrons. The number of unbranched alkanes of at least 4 members (excludes halogenated alkanes) is 11. The van der Waals surface area contributed by atoms with E-state index in [1.165, 1.54) is 64.2 Å². The largest absolute Gasteiger partial charge is 0.481 e. The molecule has 0 bridgehead atoms. The SMILES string of the molecule is CCCCCCCCCCCCCC(CCCC)OC(=O)[C@@H](N)CCC(=O)O. The molecule has 0 saturated heterocycles. The molecular weight excluding hydrogens is 354 g/mol. The summed E-state index contributed by atoms with van der Waals surface area (Å²) in [6.45, 7) is 4.38. The molecule has 166 valence electrons. The lowest BCUT2D eigenvalue weighted by molar-refractivity contribution is -0.151. The average molecular weight is 400 g/mol. The molecule has 0 amide bonds. The van der Waals surface area contributed by atoms with E-state index in [-0.39, 0.29) is 18.9 Å². The van der Waals surface area contributed by atoms with Gasteiger partial charge in [-0.2, -0.15) is 0 Å². The van der Waals surface area contributed by atoms with Crippen molar-refractivity contribution in [1.29, 1.82) is 0 Å². The fourth-order valence-corrected chi connectivity index (χ4v) is 3.38. The Morgan fingerprint density at radius 3 is 1.71 bits per heavy atom. The molecule has 0 aliphatic carbocycles. The van der Waals surface area contributed by atoms with Crippen molar-refractivity contribution >= 4 is 11.9 Å². The number of carbonyl (C=O) groups is 2. The fraction of sp³-hybridized carbons (Fsp3) is 0.913. The molecule has 0 saturated carbocycles. The topological polar surface area (TPSA) is 89.6 Å². The summed E-state index contributed by atoms with van der Waals surface area (Å²) in [4.78, 5) is 22.7. The number of hydrogen-bond donors (Lipinski definition) is 2. The summed E-state index contributed by atoms with van der Waals surface area (Å²) in [5.74, 6) is -1.39. The number of hydrogen-bond acceptors (Lipinski definition) is 4. The van der Waals surface area contributed by atoms with Crippen LogP contribution < -0.4 is 5.73 Å². The first kappa shape index (κ1) is 26.9. The van der Waals surface area contributed by atoms with Crippen molar-refractivity contribution in [2.75, 3.05) is 0 Å². The van der Waals surface area contributed by atoms with Gasteiger partial charge in [0, 0.05) is 6.42 Å². The maximum absolute atomic E-state index is 12.1. The highest BCUT2D eigenvalue weighted by atomic mass is 16.5. The van der Waals surface area contributed by atoms with Crippen LogP contribution in [-0.4, -0.2) is 29.2 Å². The van der Waals surface area contributed by atoms with Crippen LogP contribution in [0.5, 0.6) is 0 Å². The molecule has 3 N–H and O–H groups in total. The van der Waals surface area contributed by atoms with E-state index < -0.39 is 18.0 Å². The zero-order chi connectivity index (χ0) is 21.0. The highest BCUT2D eigenvalue weighted by Gasteiger charge is 2.20. The molecule has 1 unspecified atom stereocenters. The number of ether oxygens (including phenoxy) is 1. The second kappa shape index (κ2) is 19.2. The van der Waals surface area contributed by atoms with Crippen LogP contribution in [0, 0.1) is 0 Å². The molecule has 5 heteroatoms. The van der Waals surface area contributed by atoms with Crippen LogP contribution in [0.15, 0.2) is 0 Å². The van der Waals surface area contributed by atoms with E-state index in [9.17, 15) is 9.59 Å². The second-order valence-electron chi connectivity index (χ2n) is 8.06. The van der Waals surface area contributed by atoms with Gasteiger partial charge in [-0.25, -0.2) is 0 Å². The average Bonchev–Trinajstić information content (AvgIpc) is 2.67. The van der Waals surface area contributed by atoms with Crippen molar-refractivity contribution in [3.63, 3.8) is 0 Å². The summed E-state index contributed by atoms with van der Waals surface area (Å²) in [6, 6.07) is -0.836. The standard InChI is InChI=1S/C23H45NO4/c1-3-5-7-8-9-10-11-12-13-14-15-17-20(16-6-4-2)28-23(27)21(24)18-19-22(25)26/h20-21H,3-19,24H2,1-2H3,(H,25,26)/t20?,21-/m0/s1. The van der Waals surface area contributed by atoms with Gasteiger partial charge < -0.3 is 15.6 Å². The Bertz CT molecular complexity index is 387. The first-order chi connectivity index (χ1) is 13.5. The minimum absolute atomic E-state index is 0.0816. The molecule has 28 heavy (non-hydrogen) atoms. The van der Waals surface area contributed by atoms with Crippen molar-refractivity contribution in [2.45, 2.75) is 135 Å². The molecular formula is C23H45NO4. The summed E-state index contributed by atoms with van der Waals surface area (Å²) in [7, 11) is 0. The Morgan fingerprint density at radius 2 is 1.21 bits per heavy atom. The van der Waals surface area contributed by atoms with Crippen LogP contribution in [0.2, 0.25) is 0 Å². The fourth-order valence-electron chi connectivity index (χ4n) is 3.38. The molecule has 0 heterocycles. The number of carboxylic acid groups (broad SMARTS) is 1. The zero-order valence-corrected chi connectivity index (χ0v) is 18.4. The zero-order valence-electron chi connectivity index (χ0n) is 18.4. The predicted molar refractivity (Wildman–Crippen MR) is 115 cm³/mol. The Balaban J connectivity index is 3.87. The van der Waals surface area contributed by atoms with E-state index >= 15 is 0 Å².